The summed E-state index contributed by atoms with van der Waals surface area (Å²) in [7, 11) is -3.45. The van der Waals surface area contributed by atoms with Gasteiger partial charge in [0.15, 0.2) is 0 Å². The minimum absolute atomic E-state index is 0.0209. The first-order chi connectivity index (χ1) is 10.0. The summed E-state index contributed by atoms with van der Waals surface area (Å²) in [5.74, 6) is 0.446. The van der Waals surface area contributed by atoms with Gasteiger partial charge in [-0.25, -0.2) is 13.1 Å². The number of hydrogen-bond donors (Lipinski definition) is 2. The molecule has 0 aromatic heterocycles. The smallest absolute Gasteiger partial charge is 0.240 e. The maximum absolute atomic E-state index is 12.4. The van der Waals surface area contributed by atoms with Gasteiger partial charge in [-0.05, 0) is 49.8 Å². The Hall–Kier alpha value is -0.910. The molecule has 1 aliphatic rings. The zero-order chi connectivity index (χ0) is 15.3. The minimum Gasteiger partial charge on any atom is -0.396 e. The molecule has 0 heterocycles. The zero-order valence-electron chi connectivity index (χ0n) is 12.6. The van der Waals surface area contributed by atoms with E-state index in [2.05, 4.69) is 4.72 Å². The summed E-state index contributed by atoms with van der Waals surface area (Å²) >= 11 is 0. The first-order valence-corrected chi connectivity index (χ1v) is 9.23. The molecule has 1 fully saturated rings. The summed E-state index contributed by atoms with van der Waals surface area (Å²) in [6.07, 6.45) is 6.44. The molecular formula is C16H25NO3S. The number of sulfonamides is 1. The molecule has 5 heteroatoms. The molecular weight excluding hydrogens is 286 g/mol. The summed E-state index contributed by atoms with van der Waals surface area (Å²) in [6.45, 7) is 2.04. The topological polar surface area (TPSA) is 66.4 Å². The van der Waals surface area contributed by atoms with Crippen molar-refractivity contribution in [1.29, 1.82) is 0 Å². The molecule has 0 aliphatic heterocycles. The van der Waals surface area contributed by atoms with Crippen molar-refractivity contribution in [2.75, 3.05) is 6.61 Å². The van der Waals surface area contributed by atoms with Crippen LogP contribution < -0.4 is 4.72 Å². The molecule has 1 saturated carbocycles. The predicted octanol–water partition coefficient (Wildman–Crippen LogP) is 2.47. The molecule has 21 heavy (non-hydrogen) atoms. The number of aliphatic hydroxyl groups excluding tert-OH is 1. The summed E-state index contributed by atoms with van der Waals surface area (Å²) < 4.78 is 27.6. The van der Waals surface area contributed by atoms with Gasteiger partial charge >= 0.3 is 0 Å². The van der Waals surface area contributed by atoms with E-state index in [0.29, 0.717) is 17.2 Å². The first-order valence-electron chi connectivity index (χ1n) is 7.75. The van der Waals surface area contributed by atoms with Crippen LogP contribution in [0, 0.1) is 5.92 Å². The lowest BCUT2D eigenvalue weighted by Crippen LogP contribution is -2.38. The highest BCUT2D eigenvalue weighted by Gasteiger charge is 2.25. The summed E-state index contributed by atoms with van der Waals surface area (Å²) in [6, 6.07) is 6.72. The Labute approximate surface area is 127 Å². The van der Waals surface area contributed by atoms with Gasteiger partial charge in [0, 0.05) is 12.6 Å². The van der Waals surface area contributed by atoms with Crippen molar-refractivity contribution in [1.82, 2.24) is 4.72 Å². The molecule has 0 amide bonds. The lowest BCUT2D eigenvalue weighted by atomic mass is 9.85. The van der Waals surface area contributed by atoms with Crippen LogP contribution in [0.25, 0.3) is 0 Å². The average Bonchev–Trinajstić information content (AvgIpc) is 2.48. The Morgan fingerprint density at radius 3 is 2.38 bits per heavy atom. The summed E-state index contributed by atoms with van der Waals surface area (Å²) in [4.78, 5) is 0.298. The van der Waals surface area contributed by atoms with Crippen molar-refractivity contribution in [2.24, 2.45) is 5.92 Å². The average molecular weight is 311 g/mol. The normalized spacial score (nSPS) is 18.6. The van der Waals surface area contributed by atoms with E-state index in [9.17, 15) is 8.42 Å². The molecule has 1 unspecified atom stereocenters. The first kappa shape index (κ1) is 16.5. The van der Waals surface area contributed by atoms with Gasteiger partial charge in [-0.3, -0.25) is 0 Å². The van der Waals surface area contributed by atoms with Gasteiger partial charge in [-0.2, -0.15) is 0 Å². The maximum Gasteiger partial charge on any atom is 0.240 e. The van der Waals surface area contributed by atoms with Crippen LogP contribution in [-0.4, -0.2) is 26.2 Å². The van der Waals surface area contributed by atoms with E-state index in [1.54, 1.807) is 24.3 Å². The van der Waals surface area contributed by atoms with Gasteiger partial charge in [-0.15, -0.1) is 0 Å². The van der Waals surface area contributed by atoms with E-state index < -0.39 is 10.0 Å². The van der Waals surface area contributed by atoms with E-state index in [1.807, 2.05) is 6.92 Å². The number of benzene rings is 1. The molecule has 4 nitrogen and oxygen atoms in total. The molecule has 1 aromatic rings. The Bertz CT molecular complexity index is 533. The maximum atomic E-state index is 12.4. The van der Waals surface area contributed by atoms with E-state index in [4.69, 9.17) is 5.11 Å². The second kappa shape index (κ2) is 7.38. The standard InChI is InChI=1S/C16H25NO3S/c1-13(15-5-3-2-4-6-15)17-21(19,20)16-9-7-14(8-10-16)11-12-18/h7-10,13,15,17-18H,2-6,11-12H2,1H3. The van der Waals surface area contributed by atoms with Gasteiger partial charge in [0.1, 0.15) is 0 Å². The van der Waals surface area contributed by atoms with E-state index in [0.717, 1.165) is 18.4 Å². The second-order valence-corrected chi connectivity index (χ2v) is 7.64. The Morgan fingerprint density at radius 1 is 1.19 bits per heavy atom. The highest BCUT2D eigenvalue weighted by molar-refractivity contribution is 7.89. The Morgan fingerprint density at radius 2 is 1.81 bits per heavy atom. The third-order valence-electron chi connectivity index (χ3n) is 4.33. The van der Waals surface area contributed by atoms with Crippen molar-refractivity contribution in [2.45, 2.75) is 56.4 Å². The molecule has 1 aromatic carbocycles. The van der Waals surface area contributed by atoms with E-state index >= 15 is 0 Å². The van der Waals surface area contributed by atoms with Crippen LogP contribution in [0.2, 0.25) is 0 Å². The van der Waals surface area contributed by atoms with Gasteiger partial charge in [0.05, 0.1) is 4.90 Å². The third kappa shape index (κ3) is 4.53. The molecule has 2 N–H and O–H groups in total. The highest BCUT2D eigenvalue weighted by atomic mass is 32.2. The minimum atomic E-state index is -3.45. The second-order valence-electron chi connectivity index (χ2n) is 5.93. The number of rotatable bonds is 6. The van der Waals surface area contributed by atoms with Crippen molar-refractivity contribution in [3.63, 3.8) is 0 Å². The lowest BCUT2D eigenvalue weighted by molar-refractivity contribution is 0.299. The van der Waals surface area contributed by atoms with Crippen LogP contribution in [0.3, 0.4) is 0 Å². The summed E-state index contributed by atoms with van der Waals surface area (Å²) in [5.41, 5.74) is 0.941. The molecule has 118 valence electrons. The van der Waals surface area contributed by atoms with Crippen LogP contribution in [0.1, 0.15) is 44.6 Å². The van der Waals surface area contributed by atoms with Crippen LogP contribution in [-0.2, 0) is 16.4 Å². The number of nitrogens with one attached hydrogen (secondary N) is 1. The zero-order valence-corrected chi connectivity index (χ0v) is 13.4. The van der Waals surface area contributed by atoms with Gasteiger partial charge in [0.2, 0.25) is 10.0 Å². The SMILES string of the molecule is CC(NS(=O)(=O)c1ccc(CCO)cc1)C1CCCCC1. The van der Waals surface area contributed by atoms with Crippen LogP contribution >= 0.6 is 0 Å². The fourth-order valence-electron chi connectivity index (χ4n) is 3.01. The highest BCUT2D eigenvalue weighted by Crippen LogP contribution is 2.27. The van der Waals surface area contributed by atoms with Gasteiger partial charge in [0.25, 0.3) is 0 Å². The van der Waals surface area contributed by atoms with E-state index in [-0.39, 0.29) is 12.6 Å². The van der Waals surface area contributed by atoms with Crippen molar-refractivity contribution in [3.05, 3.63) is 29.8 Å². The van der Waals surface area contributed by atoms with Crippen molar-refractivity contribution < 1.29 is 13.5 Å². The Balaban J connectivity index is 2.03. The molecule has 1 atom stereocenters. The molecule has 0 spiro atoms. The fourth-order valence-corrected chi connectivity index (χ4v) is 4.32. The van der Waals surface area contributed by atoms with Crippen LogP contribution in [0.4, 0.5) is 0 Å². The number of hydrogen-bond acceptors (Lipinski definition) is 3. The molecule has 0 bridgehead atoms. The van der Waals surface area contributed by atoms with Crippen molar-refractivity contribution in [3.8, 4) is 0 Å². The fraction of sp³-hybridized carbons (Fsp3) is 0.625. The van der Waals surface area contributed by atoms with Crippen LogP contribution in [0.5, 0.6) is 0 Å². The quantitative estimate of drug-likeness (QED) is 0.848. The summed E-state index contributed by atoms with van der Waals surface area (Å²) in [5, 5.41) is 8.88. The predicted molar refractivity (Wildman–Crippen MR) is 83.6 cm³/mol. The molecule has 0 saturated heterocycles. The van der Waals surface area contributed by atoms with Crippen molar-refractivity contribution >= 4 is 10.0 Å². The monoisotopic (exact) mass is 311 g/mol. The molecule has 0 radical (unpaired) electrons. The van der Waals surface area contributed by atoms with E-state index in [1.165, 1.54) is 19.3 Å². The molecule has 2 rings (SSSR count). The van der Waals surface area contributed by atoms with Gasteiger partial charge in [-0.1, -0.05) is 31.4 Å². The van der Waals surface area contributed by atoms with Gasteiger partial charge < -0.3 is 5.11 Å². The molecule has 1 aliphatic carbocycles. The lowest BCUT2D eigenvalue weighted by Gasteiger charge is -2.28. The Kier molecular flexibility index (Phi) is 5.79. The largest absolute Gasteiger partial charge is 0.396 e. The number of aliphatic hydroxyl groups is 1. The van der Waals surface area contributed by atoms with Crippen LogP contribution in [0.15, 0.2) is 29.2 Å². The third-order valence-corrected chi connectivity index (χ3v) is 5.91.